The van der Waals surface area contributed by atoms with Crippen LogP contribution in [0.1, 0.15) is 63.2 Å². The number of rotatable bonds is 9. The van der Waals surface area contributed by atoms with E-state index in [-0.39, 0.29) is 23.3 Å². The highest BCUT2D eigenvalue weighted by atomic mass is 35.5. The lowest BCUT2D eigenvalue weighted by Gasteiger charge is -2.23. The van der Waals surface area contributed by atoms with Gasteiger partial charge in [-0.3, -0.25) is 9.59 Å². The van der Waals surface area contributed by atoms with Crippen LogP contribution in [0.4, 0.5) is 0 Å². The molecule has 0 N–H and O–H groups in total. The summed E-state index contributed by atoms with van der Waals surface area (Å²) in [6.07, 6.45) is 3.52. The fraction of sp³-hybridized carbons (Fsp3) is 0.579. The van der Waals surface area contributed by atoms with Crippen molar-refractivity contribution in [1.29, 1.82) is 0 Å². The first-order chi connectivity index (χ1) is 11.3. The molecule has 1 aromatic carbocycles. The van der Waals surface area contributed by atoms with Crippen LogP contribution in [-0.2, 0) is 9.53 Å². The van der Waals surface area contributed by atoms with Crippen molar-refractivity contribution in [3.8, 4) is 5.75 Å². The first-order valence-electron chi connectivity index (χ1n) is 8.46. The van der Waals surface area contributed by atoms with E-state index in [0.717, 1.165) is 12.8 Å². The summed E-state index contributed by atoms with van der Waals surface area (Å²) >= 11 is 6.04. The summed E-state index contributed by atoms with van der Waals surface area (Å²) in [6, 6.07) is 5.17. The Hall–Kier alpha value is -1.55. The van der Waals surface area contributed by atoms with Crippen LogP contribution >= 0.6 is 11.6 Å². The van der Waals surface area contributed by atoms with Crippen molar-refractivity contribution in [3.05, 3.63) is 28.8 Å². The van der Waals surface area contributed by atoms with Crippen LogP contribution in [0.25, 0.3) is 0 Å². The Kier molecular flexibility index (Phi) is 6.27. The first kappa shape index (κ1) is 18.8. The molecule has 0 bridgehead atoms. The molecule has 1 aliphatic carbocycles. The van der Waals surface area contributed by atoms with Gasteiger partial charge in [-0.2, -0.15) is 0 Å². The SMILES string of the molecule is CCOC(=O)CC(C)(C)CCC(=O)c1cc(Cl)ccc1OC1CC1. The molecule has 24 heavy (non-hydrogen) atoms. The van der Waals surface area contributed by atoms with Crippen molar-refractivity contribution in [1.82, 2.24) is 0 Å². The molecule has 2 rings (SSSR count). The third kappa shape index (κ3) is 5.82. The Labute approximate surface area is 148 Å². The van der Waals surface area contributed by atoms with Crippen LogP contribution in [0.5, 0.6) is 5.75 Å². The smallest absolute Gasteiger partial charge is 0.306 e. The quantitative estimate of drug-likeness (QED) is 0.472. The molecule has 1 saturated carbocycles. The van der Waals surface area contributed by atoms with E-state index in [1.165, 1.54) is 0 Å². The maximum absolute atomic E-state index is 12.6. The Morgan fingerprint density at radius 2 is 2.00 bits per heavy atom. The lowest BCUT2D eigenvalue weighted by atomic mass is 9.83. The predicted molar refractivity (Wildman–Crippen MR) is 93.7 cm³/mol. The Balaban J connectivity index is 1.98. The molecular weight excluding hydrogens is 328 g/mol. The molecule has 0 aliphatic heterocycles. The minimum atomic E-state index is -0.294. The summed E-state index contributed by atoms with van der Waals surface area (Å²) in [5.41, 5.74) is 0.235. The van der Waals surface area contributed by atoms with Gasteiger partial charge in [0.1, 0.15) is 5.75 Å². The van der Waals surface area contributed by atoms with E-state index in [4.69, 9.17) is 21.1 Å². The predicted octanol–water partition coefficient (Wildman–Crippen LogP) is 4.82. The molecule has 5 heteroatoms. The lowest BCUT2D eigenvalue weighted by Crippen LogP contribution is -2.20. The van der Waals surface area contributed by atoms with E-state index in [1.54, 1.807) is 25.1 Å². The molecule has 1 aromatic rings. The highest BCUT2D eigenvalue weighted by Crippen LogP contribution is 2.33. The van der Waals surface area contributed by atoms with Gasteiger partial charge >= 0.3 is 5.97 Å². The van der Waals surface area contributed by atoms with Gasteiger partial charge in [-0.15, -0.1) is 0 Å². The van der Waals surface area contributed by atoms with Crippen LogP contribution in [0.15, 0.2) is 18.2 Å². The second-order valence-electron chi connectivity index (χ2n) is 7.03. The fourth-order valence-corrected chi connectivity index (χ4v) is 2.64. The van der Waals surface area contributed by atoms with E-state index < -0.39 is 0 Å². The molecule has 1 aliphatic rings. The van der Waals surface area contributed by atoms with Gasteiger partial charge in [0.2, 0.25) is 0 Å². The van der Waals surface area contributed by atoms with Crippen molar-refractivity contribution in [2.24, 2.45) is 5.41 Å². The van der Waals surface area contributed by atoms with E-state index in [1.807, 2.05) is 13.8 Å². The third-order valence-electron chi connectivity index (χ3n) is 4.02. The van der Waals surface area contributed by atoms with Gasteiger partial charge in [-0.05, 0) is 49.8 Å². The molecule has 1 fully saturated rings. The largest absolute Gasteiger partial charge is 0.490 e. The van der Waals surface area contributed by atoms with Crippen LogP contribution in [-0.4, -0.2) is 24.5 Å². The lowest BCUT2D eigenvalue weighted by molar-refractivity contribution is -0.145. The summed E-state index contributed by atoms with van der Waals surface area (Å²) in [5.74, 6) is 0.371. The van der Waals surface area contributed by atoms with Crippen molar-refractivity contribution in [3.63, 3.8) is 0 Å². The molecule has 132 valence electrons. The number of esters is 1. The zero-order valence-corrected chi connectivity index (χ0v) is 15.3. The zero-order chi connectivity index (χ0) is 17.7. The molecule has 0 spiro atoms. The molecule has 0 amide bonds. The molecular formula is C19H25ClO4. The van der Waals surface area contributed by atoms with Crippen molar-refractivity contribution < 1.29 is 19.1 Å². The maximum atomic E-state index is 12.6. The summed E-state index contributed by atoms with van der Waals surface area (Å²) < 4.78 is 10.8. The van der Waals surface area contributed by atoms with E-state index >= 15 is 0 Å². The minimum absolute atomic E-state index is 0.00918. The maximum Gasteiger partial charge on any atom is 0.306 e. The molecule has 0 saturated heterocycles. The second kappa shape index (κ2) is 8.02. The van der Waals surface area contributed by atoms with Gasteiger partial charge in [-0.1, -0.05) is 25.4 Å². The number of Topliss-reactive ketones (excluding diaryl/α,β-unsaturated/α-hetero) is 1. The minimum Gasteiger partial charge on any atom is -0.490 e. The van der Waals surface area contributed by atoms with Crippen LogP contribution in [0.3, 0.4) is 0 Å². The average molecular weight is 353 g/mol. The van der Waals surface area contributed by atoms with Crippen LogP contribution < -0.4 is 4.74 Å². The number of benzene rings is 1. The third-order valence-corrected chi connectivity index (χ3v) is 4.25. The normalized spacial score (nSPS) is 14.3. The van der Waals surface area contributed by atoms with Crippen molar-refractivity contribution in [2.45, 2.75) is 59.0 Å². The topological polar surface area (TPSA) is 52.6 Å². The summed E-state index contributed by atoms with van der Waals surface area (Å²) in [4.78, 5) is 24.3. The number of ketones is 1. The number of carbonyl (C=O) groups is 2. The molecule has 4 nitrogen and oxygen atoms in total. The first-order valence-corrected chi connectivity index (χ1v) is 8.83. The highest BCUT2D eigenvalue weighted by Gasteiger charge is 2.27. The zero-order valence-electron chi connectivity index (χ0n) is 14.6. The van der Waals surface area contributed by atoms with E-state index in [2.05, 4.69) is 0 Å². The standard InChI is InChI=1S/C19H25ClO4/c1-4-23-18(22)12-19(2,3)10-9-16(21)15-11-13(20)5-8-17(15)24-14-6-7-14/h5,8,11,14H,4,6-7,9-10,12H2,1-3H3. The second-order valence-corrected chi connectivity index (χ2v) is 7.46. The van der Waals surface area contributed by atoms with Gasteiger partial charge < -0.3 is 9.47 Å². The van der Waals surface area contributed by atoms with Gasteiger partial charge in [0.25, 0.3) is 0 Å². The van der Waals surface area contributed by atoms with Crippen molar-refractivity contribution in [2.75, 3.05) is 6.61 Å². The fourth-order valence-electron chi connectivity index (χ4n) is 2.47. The molecule has 0 heterocycles. The van der Waals surface area contributed by atoms with Gasteiger partial charge in [0.15, 0.2) is 5.78 Å². The number of halogens is 1. The molecule has 0 aromatic heterocycles. The van der Waals surface area contributed by atoms with E-state index in [0.29, 0.717) is 42.2 Å². The number of hydrogen-bond acceptors (Lipinski definition) is 4. The van der Waals surface area contributed by atoms with Gasteiger partial charge in [0.05, 0.1) is 24.7 Å². The Morgan fingerprint density at radius 3 is 2.62 bits per heavy atom. The summed E-state index contributed by atoms with van der Waals surface area (Å²) in [6.45, 7) is 6.10. The van der Waals surface area contributed by atoms with Crippen molar-refractivity contribution >= 4 is 23.4 Å². The van der Waals surface area contributed by atoms with E-state index in [9.17, 15) is 9.59 Å². The summed E-state index contributed by atoms with van der Waals surface area (Å²) in [7, 11) is 0. The molecule has 0 radical (unpaired) electrons. The molecule has 0 atom stereocenters. The number of hydrogen-bond donors (Lipinski definition) is 0. The van der Waals surface area contributed by atoms with Crippen LogP contribution in [0.2, 0.25) is 5.02 Å². The Bertz CT molecular complexity index is 605. The monoisotopic (exact) mass is 352 g/mol. The summed E-state index contributed by atoms with van der Waals surface area (Å²) in [5, 5.41) is 0.521. The van der Waals surface area contributed by atoms with Gasteiger partial charge in [0, 0.05) is 11.4 Å². The highest BCUT2D eigenvalue weighted by molar-refractivity contribution is 6.31. The molecule has 0 unspecified atom stereocenters. The number of ether oxygens (including phenoxy) is 2. The number of carbonyl (C=O) groups excluding carboxylic acids is 2. The van der Waals surface area contributed by atoms with Gasteiger partial charge in [-0.25, -0.2) is 0 Å². The van der Waals surface area contributed by atoms with Crippen LogP contribution in [0, 0.1) is 5.41 Å². The average Bonchev–Trinajstić information content (AvgIpc) is 3.30. The Morgan fingerprint density at radius 1 is 1.29 bits per heavy atom.